The van der Waals surface area contributed by atoms with Crippen molar-refractivity contribution >= 4 is 15.9 Å². The first-order chi connectivity index (χ1) is 8.24. The maximum atomic E-state index is 5.26. The molecule has 0 radical (unpaired) electrons. The van der Waals surface area contributed by atoms with Gasteiger partial charge in [-0.05, 0) is 37.7 Å². The van der Waals surface area contributed by atoms with E-state index in [0.29, 0.717) is 11.7 Å². The molecule has 2 rings (SSSR count). The van der Waals surface area contributed by atoms with Crippen LogP contribution in [0.3, 0.4) is 0 Å². The highest BCUT2D eigenvalue weighted by Crippen LogP contribution is 2.21. The lowest BCUT2D eigenvalue weighted by Gasteiger charge is -2.06. The first-order valence-corrected chi connectivity index (χ1v) is 6.30. The van der Waals surface area contributed by atoms with Gasteiger partial charge >= 0.3 is 0 Å². The molecule has 0 fully saturated rings. The van der Waals surface area contributed by atoms with E-state index in [1.807, 2.05) is 31.3 Å². The van der Waals surface area contributed by atoms with E-state index in [-0.39, 0.29) is 6.04 Å². The molecule has 90 valence electrons. The Morgan fingerprint density at radius 3 is 2.65 bits per heavy atom. The first-order valence-electron chi connectivity index (χ1n) is 5.51. The van der Waals surface area contributed by atoms with Gasteiger partial charge in [0.2, 0.25) is 11.7 Å². The Bertz CT molecular complexity index is 477. The number of nitrogens with one attached hydrogen (secondary N) is 1. The van der Waals surface area contributed by atoms with Crippen molar-refractivity contribution in [3.8, 4) is 11.4 Å². The Balaban J connectivity index is 2.26. The molecule has 1 aromatic heterocycles. The highest BCUT2D eigenvalue weighted by molar-refractivity contribution is 9.10. The number of benzene rings is 1. The van der Waals surface area contributed by atoms with Gasteiger partial charge in [0, 0.05) is 10.0 Å². The summed E-state index contributed by atoms with van der Waals surface area (Å²) >= 11 is 3.39. The predicted octanol–water partition coefficient (Wildman–Crippen LogP) is 3.17. The Kier molecular flexibility index (Phi) is 3.91. The Hall–Kier alpha value is -1.20. The van der Waals surface area contributed by atoms with Crippen molar-refractivity contribution in [2.75, 3.05) is 7.05 Å². The van der Waals surface area contributed by atoms with E-state index < -0.39 is 0 Å². The van der Waals surface area contributed by atoms with Gasteiger partial charge in [0.1, 0.15) is 0 Å². The fourth-order valence-corrected chi connectivity index (χ4v) is 1.86. The molecule has 0 aliphatic carbocycles. The van der Waals surface area contributed by atoms with Crippen molar-refractivity contribution in [1.29, 1.82) is 0 Å². The van der Waals surface area contributed by atoms with Gasteiger partial charge in [-0.15, -0.1) is 0 Å². The highest BCUT2D eigenvalue weighted by Gasteiger charge is 2.15. The molecule has 0 saturated heterocycles. The quantitative estimate of drug-likeness (QED) is 0.941. The molecule has 0 aliphatic heterocycles. The van der Waals surface area contributed by atoms with E-state index in [0.717, 1.165) is 16.5 Å². The second-order valence-electron chi connectivity index (χ2n) is 3.71. The maximum Gasteiger partial charge on any atom is 0.244 e. The molecule has 0 amide bonds. The molecular formula is C12H14BrN3O. The third kappa shape index (κ3) is 2.73. The van der Waals surface area contributed by atoms with Crippen LogP contribution in [-0.2, 0) is 0 Å². The van der Waals surface area contributed by atoms with Crippen LogP contribution in [0.2, 0.25) is 0 Å². The van der Waals surface area contributed by atoms with Gasteiger partial charge in [-0.3, -0.25) is 0 Å². The maximum absolute atomic E-state index is 5.26. The van der Waals surface area contributed by atoms with E-state index >= 15 is 0 Å². The topological polar surface area (TPSA) is 51.0 Å². The molecule has 1 heterocycles. The summed E-state index contributed by atoms with van der Waals surface area (Å²) in [4.78, 5) is 4.40. The normalized spacial score (nSPS) is 12.6. The number of nitrogens with zero attached hydrogens (tertiary/aromatic N) is 2. The van der Waals surface area contributed by atoms with Crippen molar-refractivity contribution < 1.29 is 4.52 Å². The molecule has 5 heteroatoms. The summed E-state index contributed by atoms with van der Waals surface area (Å²) in [6.45, 7) is 2.07. The predicted molar refractivity (Wildman–Crippen MR) is 69.5 cm³/mol. The lowest BCUT2D eigenvalue weighted by atomic mass is 10.2. The van der Waals surface area contributed by atoms with Gasteiger partial charge in [0.15, 0.2) is 0 Å². The smallest absolute Gasteiger partial charge is 0.244 e. The fraction of sp³-hybridized carbons (Fsp3) is 0.333. The van der Waals surface area contributed by atoms with Crippen LogP contribution >= 0.6 is 15.9 Å². The van der Waals surface area contributed by atoms with Crippen molar-refractivity contribution in [3.05, 3.63) is 34.6 Å². The zero-order chi connectivity index (χ0) is 12.3. The molecule has 0 saturated carbocycles. The van der Waals surface area contributed by atoms with Crippen molar-refractivity contribution in [2.45, 2.75) is 19.4 Å². The van der Waals surface area contributed by atoms with Gasteiger partial charge in [0.05, 0.1) is 6.04 Å². The Labute approximate surface area is 109 Å². The third-order valence-corrected chi connectivity index (χ3v) is 3.13. The van der Waals surface area contributed by atoms with Crippen molar-refractivity contribution in [3.63, 3.8) is 0 Å². The van der Waals surface area contributed by atoms with Crippen molar-refractivity contribution in [2.24, 2.45) is 0 Å². The first kappa shape index (κ1) is 12.3. The fourth-order valence-electron chi connectivity index (χ4n) is 1.60. The summed E-state index contributed by atoms with van der Waals surface area (Å²) in [5.41, 5.74) is 0.953. The van der Waals surface area contributed by atoms with Gasteiger partial charge in [-0.25, -0.2) is 0 Å². The summed E-state index contributed by atoms with van der Waals surface area (Å²) in [7, 11) is 1.89. The lowest BCUT2D eigenvalue weighted by molar-refractivity contribution is 0.334. The molecule has 1 unspecified atom stereocenters. The van der Waals surface area contributed by atoms with Crippen LogP contribution in [0.4, 0.5) is 0 Å². The summed E-state index contributed by atoms with van der Waals surface area (Å²) in [6, 6.07) is 7.95. The third-order valence-electron chi connectivity index (χ3n) is 2.60. The second-order valence-corrected chi connectivity index (χ2v) is 4.63. The van der Waals surface area contributed by atoms with E-state index in [2.05, 4.69) is 38.3 Å². The summed E-state index contributed by atoms with van der Waals surface area (Å²) in [6.07, 6.45) is 0.915. The number of halogens is 1. The van der Waals surface area contributed by atoms with Gasteiger partial charge in [-0.2, -0.15) is 4.98 Å². The second kappa shape index (κ2) is 5.42. The van der Waals surface area contributed by atoms with Crippen LogP contribution in [-0.4, -0.2) is 17.2 Å². The van der Waals surface area contributed by atoms with Crippen molar-refractivity contribution in [1.82, 2.24) is 15.5 Å². The molecule has 4 nitrogen and oxygen atoms in total. The van der Waals surface area contributed by atoms with Gasteiger partial charge < -0.3 is 9.84 Å². The summed E-state index contributed by atoms with van der Waals surface area (Å²) in [5.74, 6) is 1.26. The Morgan fingerprint density at radius 1 is 1.35 bits per heavy atom. The molecular weight excluding hydrogens is 282 g/mol. The number of hydrogen-bond acceptors (Lipinski definition) is 4. The molecule has 1 N–H and O–H groups in total. The van der Waals surface area contributed by atoms with Crippen LogP contribution < -0.4 is 5.32 Å². The number of hydrogen-bond donors (Lipinski definition) is 1. The summed E-state index contributed by atoms with van der Waals surface area (Å²) < 4.78 is 6.29. The summed E-state index contributed by atoms with van der Waals surface area (Å²) in [5, 5.41) is 7.13. The molecule has 1 atom stereocenters. The average molecular weight is 296 g/mol. The minimum absolute atomic E-state index is 0.117. The molecule has 0 spiro atoms. The van der Waals surface area contributed by atoms with Gasteiger partial charge in [0.25, 0.3) is 0 Å². The molecule has 0 aliphatic rings. The van der Waals surface area contributed by atoms with Crippen LogP contribution in [0.5, 0.6) is 0 Å². The van der Waals surface area contributed by atoms with Crippen LogP contribution in [0.25, 0.3) is 11.4 Å². The SMILES string of the molecule is CCC(NC)c1nc(-c2ccc(Br)cc2)no1. The van der Waals surface area contributed by atoms with E-state index in [1.54, 1.807) is 0 Å². The zero-order valence-electron chi connectivity index (χ0n) is 9.77. The minimum atomic E-state index is 0.117. The average Bonchev–Trinajstić information content (AvgIpc) is 2.81. The highest BCUT2D eigenvalue weighted by atomic mass is 79.9. The van der Waals surface area contributed by atoms with Crippen LogP contribution in [0.15, 0.2) is 33.3 Å². The molecule has 2 aromatic rings. The lowest BCUT2D eigenvalue weighted by Crippen LogP contribution is -2.15. The molecule has 0 bridgehead atoms. The molecule has 1 aromatic carbocycles. The molecule has 17 heavy (non-hydrogen) atoms. The van der Waals surface area contributed by atoms with E-state index in [1.165, 1.54) is 0 Å². The Morgan fingerprint density at radius 2 is 2.06 bits per heavy atom. The minimum Gasteiger partial charge on any atom is -0.337 e. The largest absolute Gasteiger partial charge is 0.337 e. The van der Waals surface area contributed by atoms with Crippen LogP contribution in [0, 0.1) is 0 Å². The standard InChI is InChI=1S/C12H14BrN3O/c1-3-10(14-2)12-15-11(16-17-12)8-4-6-9(13)7-5-8/h4-7,10,14H,3H2,1-2H3. The number of rotatable bonds is 4. The zero-order valence-corrected chi connectivity index (χ0v) is 11.4. The van der Waals surface area contributed by atoms with E-state index in [9.17, 15) is 0 Å². The van der Waals surface area contributed by atoms with E-state index in [4.69, 9.17) is 4.52 Å². The monoisotopic (exact) mass is 295 g/mol. The van der Waals surface area contributed by atoms with Crippen LogP contribution in [0.1, 0.15) is 25.3 Å². The number of aromatic nitrogens is 2. The van der Waals surface area contributed by atoms with Gasteiger partial charge in [-0.1, -0.05) is 28.0 Å².